The lowest BCUT2D eigenvalue weighted by molar-refractivity contribution is -0.130. The maximum Gasteiger partial charge on any atom is 0.250 e. The smallest absolute Gasteiger partial charge is 0.250 e. The predicted octanol–water partition coefficient (Wildman–Crippen LogP) is 2.86. The number of amides is 2. The first-order valence-corrected chi connectivity index (χ1v) is 8.42. The van der Waals surface area contributed by atoms with Gasteiger partial charge < -0.3 is 9.47 Å². The van der Waals surface area contributed by atoms with Gasteiger partial charge in [0.2, 0.25) is 0 Å². The molecule has 2 aromatic rings. The number of anilines is 2. The summed E-state index contributed by atoms with van der Waals surface area (Å²) in [5.74, 6) is 1.14. The molecular formula is C20H22N2O4. The molecule has 0 radical (unpaired) electrons. The fourth-order valence-corrected chi connectivity index (χ4v) is 3.19. The highest BCUT2D eigenvalue weighted by Gasteiger charge is 2.43. The van der Waals surface area contributed by atoms with Crippen LogP contribution in [0, 0.1) is 0 Å². The number of hydrogen-bond acceptors (Lipinski definition) is 4. The maximum absolute atomic E-state index is 13.0. The quantitative estimate of drug-likeness (QED) is 0.847. The number of benzene rings is 2. The Morgan fingerprint density at radius 3 is 1.23 bits per heavy atom. The standard InChI is InChI=1S/C20H22N2O4/c1-13-19(23)22(16-7-11-18(26-4)12-8-16)14(2)20(24)21(13)15-5-9-17(25-3)10-6-15/h5-14H,1-4H3/t13-,14-/m0/s1. The summed E-state index contributed by atoms with van der Waals surface area (Å²) in [6.07, 6.45) is 0. The molecule has 1 saturated heterocycles. The van der Waals surface area contributed by atoms with Crippen molar-refractivity contribution in [3.05, 3.63) is 48.5 Å². The summed E-state index contributed by atoms with van der Waals surface area (Å²) in [5, 5.41) is 0. The molecule has 1 heterocycles. The Balaban J connectivity index is 1.92. The van der Waals surface area contributed by atoms with Crippen LogP contribution < -0.4 is 19.3 Å². The molecule has 0 saturated carbocycles. The predicted molar refractivity (Wildman–Crippen MR) is 99.9 cm³/mol. The first kappa shape index (κ1) is 17.8. The van der Waals surface area contributed by atoms with Crippen molar-refractivity contribution in [3.63, 3.8) is 0 Å². The molecule has 0 aromatic heterocycles. The van der Waals surface area contributed by atoms with Gasteiger partial charge in [-0.3, -0.25) is 19.4 Å². The van der Waals surface area contributed by atoms with E-state index in [1.54, 1.807) is 86.4 Å². The largest absolute Gasteiger partial charge is 0.497 e. The van der Waals surface area contributed by atoms with Crippen molar-refractivity contribution in [1.82, 2.24) is 0 Å². The summed E-state index contributed by atoms with van der Waals surface area (Å²) < 4.78 is 10.3. The van der Waals surface area contributed by atoms with Crippen molar-refractivity contribution in [2.24, 2.45) is 0 Å². The zero-order valence-corrected chi connectivity index (χ0v) is 15.3. The molecule has 3 rings (SSSR count). The molecule has 2 atom stereocenters. The lowest BCUT2D eigenvalue weighted by Crippen LogP contribution is -2.63. The Morgan fingerprint density at radius 2 is 0.962 bits per heavy atom. The van der Waals surface area contributed by atoms with E-state index in [1.165, 1.54) is 0 Å². The summed E-state index contributed by atoms with van der Waals surface area (Å²) in [7, 11) is 3.17. The molecule has 26 heavy (non-hydrogen) atoms. The number of carbonyl (C=O) groups excluding carboxylic acids is 2. The van der Waals surface area contributed by atoms with Gasteiger partial charge in [0.05, 0.1) is 14.2 Å². The maximum atomic E-state index is 13.0. The molecule has 1 fully saturated rings. The molecule has 0 spiro atoms. The molecule has 1 aliphatic heterocycles. The fraction of sp³-hybridized carbons (Fsp3) is 0.300. The van der Waals surface area contributed by atoms with Crippen molar-refractivity contribution >= 4 is 23.2 Å². The molecule has 0 bridgehead atoms. The van der Waals surface area contributed by atoms with Crippen molar-refractivity contribution in [2.45, 2.75) is 25.9 Å². The normalized spacial score (nSPS) is 20.3. The van der Waals surface area contributed by atoms with Crippen molar-refractivity contribution in [3.8, 4) is 11.5 Å². The van der Waals surface area contributed by atoms with E-state index in [4.69, 9.17) is 9.47 Å². The third-order valence-electron chi connectivity index (χ3n) is 4.67. The highest BCUT2D eigenvalue weighted by molar-refractivity contribution is 6.15. The minimum Gasteiger partial charge on any atom is -0.497 e. The highest BCUT2D eigenvalue weighted by Crippen LogP contribution is 2.31. The van der Waals surface area contributed by atoms with Gasteiger partial charge in [0.1, 0.15) is 23.6 Å². The number of piperazine rings is 1. The number of rotatable bonds is 4. The third-order valence-corrected chi connectivity index (χ3v) is 4.67. The van der Waals surface area contributed by atoms with Gasteiger partial charge in [0.25, 0.3) is 11.8 Å². The Hall–Kier alpha value is -3.02. The van der Waals surface area contributed by atoms with Crippen LogP contribution in [-0.2, 0) is 9.59 Å². The highest BCUT2D eigenvalue weighted by atomic mass is 16.5. The number of hydrogen-bond donors (Lipinski definition) is 0. The molecule has 0 aliphatic carbocycles. The van der Waals surface area contributed by atoms with Gasteiger partial charge in [-0.25, -0.2) is 0 Å². The summed E-state index contributed by atoms with van der Waals surface area (Å²) in [5.41, 5.74) is 1.36. The monoisotopic (exact) mass is 354 g/mol. The van der Waals surface area contributed by atoms with Gasteiger partial charge in [-0.1, -0.05) is 0 Å². The number of carbonyl (C=O) groups is 2. The van der Waals surface area contributed by atoms with Crippen LogP contribution in [0.4, 0.5) is 11.4 Å². The van der Waals surface area contributed by atoms with Gasteiger partial charge in [-0.15, -0.1) is 0 Å². The molecule has 2 amide bonds. The van der Waals surface area contributed by atoms with Crippen LogP contribution in [0.3, 0.4) is 0 Å². The van der Waals surface area contributed by atoms with Crippen molar-refractivity contribution in [2.75, 3.05) is 24.0 Å². The SMILES string of the molecule is COc1ccc(N2C(=O)[C@H](C)N(c3ccc(OC)cc3)C(=O)[C@@H]2C)cc1. The van der Waals surface area contributed by atoms with Crippen LogP contribution in [0.1, 0.15) is 13.8 Å². The van der Waals surface area contributed by atoms with Crippen LogP contribution in [-0.4, -0.2) is 38.1 Å². The Kier molecular flexibility index (Phi) is 4.84. The molecule has 6 heteroatoms. The summed E-state index contributed by atoms with van der Waals surface area (Å²) >= 11 is 0. The summed E-state index contributed by atoms with van der Waals surface area (Å²) in [6, 6.07) is 13.1. The Bertz CT molecular complexity index is 732. The second-order valence-corrected chi connectivity index (χ2v) is 6.16. The van der Waals surface area contributed by atoms with Crippen LogP contribution in [0.15, 0.2) is 48.5 Å². The number of methoxy groups -OCH3 is 2. The van der Waals surface area contributed by atoms with Crippen molar-refractivity contribution < 1.29 is 19.1 Å². The Morgan fingerprint density at radius 1 is 0.654 bits per heavy atom. The zero-order valence-electron chi connectivity index (χ0n) is 15.3. The van der Waals surface area contributed by atoms with E-state index >= 15 is 0 Å². The van der Waals surface area contributed by atoms with Crippen LogP contribution >= 0.6 is 0 Å². The van der Waals surface area contributed by atoms with E-state index in [0.717, 1.165) is 0 Å². The van der Waals surface area contributed by atoms with E-state index in [-0.39, 0.29) is 11.8 Å². The van der Waals surface area contributed by atoms with Gasteiger partial charge >= 0.3 is 0 Å². The lowest BCUT2D eigenvalue weighted by Gasteiger charge is -2.42. The molecular weight excluding hydrogens is 332 g/mol. The Labute approximate surface area is 152 Å². The molecule has 1 aliphatic rings. The summed E-state index contributed by atoms with van der Waals surface area (Å²) in [6.45, 7) is 3.49. The average molecular weight is 354 g/mol. The van der Waals surface area contributed by atoms with Crippen LogP contribution in [0.2, 0.25) is 0 Å². The van der Waals surface area contributed by atoms with E-state index in [2.05, 4.69) is 0 Å². The second-order valence-electron chi connectivity index (χ2n) is 6.16. The topological polar surface area (TPSA) is 59.1 Å². The zero-order chi connectivity index (χ0) is 18.8. The van der Waals surface area contributed by atoms with Crippen LogP contribution in [0.25, 0.3) is 0 Å². The van der Waals surface area contributed by atoms with E-state index in [1.807, 2.05) is 0 Å². The van der Waals surface area contributed by atoms with E-state index < -0.39 is 12.1 Å². The molecule has 0 unspecified atom stereocenters. The first-order chi connectivity index (χ1) is 12.5. The number of nitrogens with zero attached hydrogens (tertiary/aromatic N) is 2. The fourth-order valence-electron chi connectivity index (χ4n) is 3.19. The average Bonchev–Trinajstić information content (AvgIpc) is 2.68. The molecule has 136 valence electrons. The molecule has 2 aromatic carbocycles. The molecule has 0 N–H and O–H groups in total. The van der Waals surface area contributed by atoms with Crippen molar-refractivity contribution in [1.29, 1.82) is 0 Å². The number of ether oxygens (including phenoxy) is 2. The van der Waals surface area contributed by atoms with E-state index in [0.29, 0.717) is 22.9 Å². The third kappa shape index (κ3) is 2.98. The minimum absolute atomic E-state index is 0.127. The van der Waals surface area contributed by atoms with E-state index in [9.17, 15) is 9.59 Å². The van der Waals surface area contributed by atoms with Gasteiger partial charge in [-0.05, 0) is 62.4 Å². The lowest BCUT2D eigenvalue weighted by atomic mass is 10.0. The van der Waals surface area contributed by atoms with Gasteiger partial charge in [-0.2, -0.15) is 0 Å². The first-order valence-electron chi connectivity index (χ1n) is 8.42. The van der Waals surface area contributed by atoms with Gasteiger partial charge in [0.15, 0.2) is 0 Å². The minimum atomic E-state index is -0.603. The molecule has 6 nitrogen and oxygen atoms in total. The van der Waals surface area contributed by atoms with Gasteiger partial charge in [0, 0.05) is 11.4 Å². The van der Waals surface area contributed by atoms with Crippen LogP contribution in [0.5, 0.6) is 11.5 Å². The second kappa shape index (κ2) is 7.07. The summed E-state index contributed by atoms with van der Waals surface area (Å²) in [4.78, 5) is 29.1.